The third-order valence-electron chi connectivity index (χ3n) is 4.24. The summed E-state index contributed by atoms with van der Waals surface area (Å²) in [6, 6.07) is 3.77. The minimum atomic E-state index is -1.21. The molecule has 6 nitrogen and oxygen atoms in total. The first-order valence-electron chi connectivity index (χ1n) is 7.21. The molecule has 2 N–H and O–H groups in total. The third kappa shape index (κ3) is 2.24. The van der Waals surface area contributed by atoms with Gasteiger partial charge in [-0.1, -0.05) is 30.7 Å². The van der Waals surface area contributed by atoms with Crippen molar-refractivity contribution in [1.82, 2.24) is 10.2 Å². The molecule has 22 heavy (non-hydrogen) atoms. The Morgan fingerprint density at radius 1 is 1.36 bits per heavy atom. The van der Waals surface area contributed by atoms with Gasteiger partial charge in [0.25, 0.3) is 5.91 Å². The summed E-state index contributed by atoms with van der Waals surface area (Å²) in [5.41, 5.74) is 1.46. The number of hydrogen-bond acceptors (Lipinski definition) is 3. The van der Waals surface area contributed by atoms with Gasteiger partial charge < -0.3 is 10.4 Å². The van der Waals surface area contributed by atoms with Crippen LogP contribution in [0.4, 0.5) is 4.79 Å². The van der Waals surface area contributed by atoms with Crippen molar-refractivity contribution in [3.8, 4) is 0 Å². The molecule has 1 aromatic rings. The predicted octanol–water partition coefficient (Wildman–Crippen LogP) is 1.93. The molecule has 1 saturated heterocycles. The van der Waals surface area contributed by atoms with Crippen LogP contribution in [0.5, 0.6) is 0 Å². The fourth-order valence-electron chi connectivity index (χ4n) is 2.96. The fourth-order valence-corrected chi connectivity index (χ4v) is 2.96. The molecule has 1 heterocycles. The third-order valence-corrected chi connectivity index (χ3v) is 4.24. The van der Waals surface area contributed by atoms with Gasteiger partial charge in [0.2, 0.25) is 0 Å². The van der Waals surface area contributed by atoms with Gasteiger partial charge in [-0.15, -0.1) is 0 Å². The lowest BCUT2D eigenvalue weighted by atomic mass is 9.83. The zero-order chi connectivity index (χ0) is 16.7. The number of carboxylic acids is 1. The maximum Gasteiger partial charge on any atom is 0.326 e. The van der Waals surface area contributed by atoms with E-state index >= 15 is 0 Å². The van der Waals surface area contributed by atoms with Crippen LogP contribution in [0.15, 0.2) is 18.2 Å². The first-order valence-corrected chi connectivity index (χ1v) is 7.21. The summed E-state index contributed by atoms with van der Waals surface area (Å²) in [5.74, 6) is -1.72. The van der Waals surface area contributed by atoms with Crippen LogP contribution >= 0.6 is 0 Å². The monoisotopic (exact) mass is 304 g/mol. The quantitative estimate of drug-likeness (QED) is 0.832. The second-order valence-corrected chi connectivity index (χ2v) is 5.70. The van der Waals surface area contributed by atoms with Crippen LogP contribution in [0.25, 0.3) is 0 Å². The number of rotatable bonds is 4. The van der Waals surface area contributed by atoms with E-state index in [0.29, 0.717) is 12.0 Å². The lowest BCUT2D eigenvalue weighted by Crippen LogP contribution is -2.46. The molecule has 0 aliphatic carbocycles. The number of carboxylic acid groups (broad SMARTS) is 1. The molecule has 118 valence electrons. The lowest BCUT2D eigenvalue weighted by Gasteiger charge is -2.28. The molecule has 2 rings (SSSR count). The van der Waals surface area contributed by atoms with E-state index in [9.17, 15) is 14.4 Å². The first kappa shape index (κ1) is 16.0. The van der Waals surface area contributed by atoms with Crippen LogP contribution < -0.4 is 5.32 Å². The summed E-state index contributed by atoms with van der Waals surface area (Å²) in [5, 5.41) is 11.8. The van der Waals surface area contributed by atoms with Crippen LogP contribution in [-0.4, -0.2) is 34.0 Å². The average Bonchev–Trinajstić information content (AvgIpc) is 2.69. The number of carbonyl (C=O) groups is 3. The molecule has 0 spiro atoms. The largest absolute Gasteiger partial charge is 0.480 e. The summed E-state index contributed by atoms with van der Waals surface area (Å²) >= 11 is 0. The van der Waals surface area contributed by atoms with Crippen LogP contribution in [0.3, 0.4) is 0 Å². The van der Waals surface area contributed by atoms with E-state index in [4.69, 9.17) is 5.11 Å². The summed E-state index contributed by atoms with van der Waals surface area (Å²) < 4.78 is 0. The summed E-state index contributed by atoms with van der Waals surface area (Å²) in [6.07, 6.45) is 0.352. The topological polar surface area (TPSA) is 86.7 Å². The SMILES string of the molecule is CCC1(c2ccc(C)cc2C)NC(=O)N(C(C)C(=O)O)C1=O. The molecule has 0 aromatic heterocycles. The molecule has 1 aliphatic heterocycles. The molecular weight excluding hydrogens is 284 g/mol. The van der Waals surface area contributed by atoms with Crippen molar-refractivity contribution in [3.63, 3.8) is 0 Å². The second-order valence-electron chi connectivity index (χ2n) is 5.70. The number of carbonyl (C=O) groups excluding carboxylic acids is 2. The number of nitrogens with one attached hydrogen (secondary N) is 1. The molecule has 0 bridgehead atoms. The highest BCUT2D eigenvalue weighted by Gasteiger charge is 2.54. The number of hydrogen-bond donors (Lipinski definition) is 2. The van der Waals surface area contributed by atoms with Gasteiger partial charge in [0, 0.05) is 0 Å². The van der Waals surface area contributed by atoms with Gasteiger partial charge in [0.1, 0.15) is 11.6 Å². The van der Waals surface area contributed by atoms with E-state index in [2.05, 4.69) is 5.32 Å². The summed E-state index contributed by atoms with van der Waals surface area (Å²) in [6.45, 7) is 6.95. The molecule has 0 saturated carbocycles. The smallest absolute Gasteiger partial charge is 0.326 e. The number of benzene rings is 1. The van der Waals surface area contributed by atoms with Crippen molar-refractivity contribution in [2.45, 2.75) is 45.7 Å². The number of amides is 3. The Kier molecular flexibility index (Phi) is 3.96. The van der Waals surface area contributed by atoms with Gasteiger partial charge in [-0.25, -0.2) is 14.5 Å². The van der Waals surface area contributed by atoms with Crippen molar-refractivity contribution >= 4 is 17.9 Å². The first-order chi connectivity index (χ1) is 10.2. The molecule has 0 radical (unpaired) electrons. The number of urea groups is 1. The van der Waals surface area contributed by atoms with Gasteiger partial charge >= 0.3 is 12.0 Å². The lowest BCUT2D eigenvalue weighted by molar-refractivity contribution is -0.147. The van der Waals surface area contributed by atoms with Gasteiger partial charge in [-0.3, -0.25) is 4.79 Å². The van der Waals surface area contributed by atoms with Gasteiger partial charge in [0.05, 0.1) is 0 Å². The Hall–Kier alpha value is -2.37. The highest BCUT2D eigenvalue weighted by atomic mass is 16.4. The fraction of sp³-hybridized carbons (Fsp3) is 0.438. The van der Waals surface area contributed by atoms with Crippen molar-refractivity contribution in [3.05, 3.63) is 34.9 Å². The highest BCUT2D eigenvalue weighted by Crippen LogP contribution is 2.35. The highest BCUT2D eigenvalue weighted by molar-refractivity contribution is 6.09. The average molecular weight is 304 g/mol. The van der Waals surface area contributed by atoms with Crippen molar-refractivity contribution in [2.75, 3.05) is 0 Å². The standard InChI is InChI=1S/C16H20N2O4/c1-5-16(12-7-6-9(2)8-10(12)3)14(21)18(15(22)17-16)11(4)13(19)20/h6-8,11H,5H2,1-4H3,(H,17,22)(H,19,20). The van der Waals surface area contributed by atoms with Gasteiger partial charge in [-0.2, -0.15) is 0 Å². The van der Waals surface area contributed by atoms with E-state index in [0.717, 1.165) is 16.0 Å². The van der Waals surface area contributed by atoms with E-state index in [-0.39, 0.29) is 0 Å². The zero-order valence-corrected chi connectivity index (χ0v) is 13.1. The van der Waals surface area contributed by atoms with E-state index < -0.39 is 29.5 Å². The molecule has 2 atom stereocenters. The maximum absolute atomic E-state index is 12.8. The van der Waals surface area contributed by atoms with Gasteiger partial charge in [0.15, 0.2) is 0 Å². The molecular formula is C16H20N2O4. The second kappa shape index (κ2) is 5.44. The molecule has 1 aliphatic rings. The predicted molar refractivity (Wildman–Crippen MR) is 80.4 cm³/mol. The van der Waals surface area contributed by atoms with Crippen LogP contribution in [0.1, 0.15) is 37.0 Å². The molecule has 6 heteroatoms. The Morgan fingerprint density at radius 2 is 2.00 bits per heavy atom. The van der Waals surface area contributed by atoms with Crippen LogP contribution in [-0.2, 0) is 15.1 Å². The van der Waals surface area contributed by atoms with Crippen LogP contribution in [0, 0.1) is 13.8 Å². The number of aliphatic carboxylic acids is 1. The maximum atomic E-state index is 12.8. The van der Waals surface area contributed by atoms with Gasteiger partial charge in [-0.05, 0) is 38.3 Å². The minimum Gasteiger partial charge on any atom is -0.480 e. The molecule has 2 unspecified atom stereocenters. The molecule has 1 fully saturated rings. The number of imide groups is 1. The Morgan fingerprint density at radius 3 is 2.50 bits per heavy atom. The normalized spacial score (nSPS) is 22.6. The van der Waals surface area contributed by atoms with Crippen molar-refractivity contribution in [1.29, 1.82) is 0 Å². The van der Waals surface area contributed by atoms with Crippen molar-refractivity contribution in [2.24, 2.45) is 0 Å². The summed E-state index contributed by atoms with van der Waals surface area (Å²) in [7, 11) is 0. The minimum absolute atomic E-state index is 0.352. The van der Waals surface area contributed by atoms with Crippen LogP contribution in [0.2, 0.25) is 0 Å². The van der Waals surface area contributed by atoms with E-state index in [1.165, 1.54) is 6.92 Å². The van der Waals surface area contributed by atoms with E-state index in [1.54, 1.807) is 6.92 Å². The van der Waals surface area contributed by atoms with Crippen molar-refractivity contribution < 1.29 is 19.5 Å². The Bertz CT molecular complexity index is 656. The number of nitrogens with zero attached hydrogens (tertiary/aromatic N) is 1. The summed E-state index contributed by atoms with van der Waals surface area (Å²) in [4.78, 5) is 37.0. The zero-order valence-electron chi connectivity index (χ0n) is 13.1. The van der Waals surface area contributed by atoms with E-state index in [1.807, 2.05) is 32.0 Å². The Labute approximate surface area is 129 Å². The molecule has 3 amide bonds. The number of aryl methyl sites for hydroxylation is 2. The Balaban J connectivity index is 2.54. The molecule has 1 aromatic carbocycles.